The molecule has 5 nitrogen and oxygen atoms in total. The average Bonchev–Trinajstić information content (AvgIpc) is 2.97. The zero-order valence-corrected chi connectivity index (χ0v) is 14.5. The van der Waals surface area contributed by atoms with Crippen molar-refractivity contribution in [3.63, 3.8) is 0 Å². The zero-order chi connectivity index (χ0) is 15.5. The summed E-state index contributed by atoms with van der Waals surface area (Å²) in [6.45, 7) is 3.77. The molecule has 1 unspecified atom stereocenters. The third-order valence-electron chi connectivity index (χ3n) is 3.63. The first kappa shape index (κ1) is 16.9. The summed E-state index contributed by atoms with van der Waals surface area (Å²) in [4.78, 5) is 0.277. The molecule has 0 amide bonds. The quantitative estimate of drug-likeness (QED) is 0.824. The van der Waals surface area contributed by atoms with Crippen LogP contribution in [-0.4, -0.2) is 38.5 Å². The first-order chi connectivity index (χ1) is 9.98. The number of nitrogens with zero attached hydrogens (tertiary/aromatic N) is 1. The van der Waals surface area contributed by atoms with E-state index in [0.29, 0.717) is 24.1 Å². The van der Waals surface area contributed by atoms with Crippen LogP contribution in [0.2, 0.25) is 0 Å². The van der Waals surface area contributed by atoms with Gasteiger partial charge in [0.15, 0.2) is 0 Å². The molecule has 0 spiro atoms. The summed E-state index contributed by atoms with van der Waals surface area (Å²) in [5, 5.41) is 0. The lowest BCUT2D eigenvalue weighted by Gasteiger charge is -2.24. The maximum absolute atomic E-state index is 12.8. The molecule has 7 heteroatoms. The van der Waals surface area contributed by atoms with Crippen LogP contribution in [0.4, 0.5) is 0 Å². The molecule has 0 saturated carbocycles. The second kappa shape index (κ2) is 7.19. The smallest absolute Gasteiger partial charge is 0.244 e. The molecule has 0 bridgehead atoms. The number of rotatable bonds is 6. The molecular weight excluding hydrogens is 356 g/mol. The Balaban J connectivity index is 2.25. The molecule has 1 aliphatic heterocycles. The second-order valence-electron chi connectivity index (χ2n) is 5.06. The van der Waals surface area contributed by atoms with E-state index < -0.39 is 10.0 Å². The SMILES string of the molecule is CCN(CC1CCCO1)S(=O)(=O)c1ccc(CN)cc1Br. The van der Waals surface area contributed by atoms with Gasteiger partial charge in [-0.05, 0) is 46.5 Å². The Hall–Kier alpha value is -0.470. The highest BCUT2D eigenvalue weighted by molar-refractivity contribution is 9.10. The molecule has 21 heavy (non-hydrogen) atoms. The van der Waals surface area contributed by atoms with Crippen molar-refractivity contribution in [1.29, 1.82) is 0 Å². The van der Waals surface area contributed by atoms with Crippen LogP contribution in [0.1, 0.15) is 25.3 Å². The van der Waals surface area contributed by atoms with Crippen LogP contribution in [0.5, 0.6) is 0 Å². The van der Waals surface area contributed by atoms with E-state index in [1.165, 1.54) is 4.31 Å². The topological polar surface area (TPSA) is 72.6 Å². The Morgan fingerprint density at radius 1 is 1.48 bits per heavy atom. The molecule has 0 radical (unpaired) electrons. The van der Waals surface area contributed by atoms with Gasteiger partial charge in [0.05, 0.1) is 11.0 Å². The summed E-state index contributed by atoms with van der Waals surface area (Å²) in [5.41, 5.74) is 6.47. The largest absolute Gasteiger partial charge is 0.377 e. The predicted molar refractivity (Wildman–Crippen MR) is 85.4 cm³/mol. The van der Waals surface area contributed by atoms with Gasteiger partial charge in [-0.3, -0.25) is 0 Å². The number of halogens is 1. The first-order valence-corrected chi connectivity index (χ1v) is 9.32. The van der Waals surface area contributed by atoms with Crippen LogP contribution in [0.25, 0.3) is 0 Å². The Morgan fingerprint density at radius 3 is 2.76 bits per heavy atom. The van der Waals surface area contributed by atoms with Gasteiger partial charge in [0, 0.05) is 30.7 Å². The van der Waals surface area contributed by atoms with Crippen LogP contribution >= 0.6 is 15.9 Å². The lowest BCUT2D eigenvalue weighted by molar-refractivity contribution is 0.0946. The van der Waals surface area contributed by atoms with Crippen LogP contribution in [-0.2, 0) is 21.3 Å². The minimum atomic E-state index is -3.53. The van der Waals surface area contributed by atoms with Gasteiger partial charge in [-0.25, -0.2) is 8.42 Å². The van der Waals surface area contributed by atoms with Gasteiger partial charge in [-0.15, -0.1) is 0 Å². The third kappa shape index (κ3) is 3.84. The van der Waals surface area contributed by atoms with E-state index >= 15 is 0 Å². The number of nitrogens with two attached hydrogens (primary N) is 1. The van der Waals surface area contributed by atoms with Crippen molar-refractivity contribution in [2.75, 3.05) is 19.7 Å². The molecule has 1 atom stereocenters. The molecule has 0 aliphatic carbocycles. The fourth-order valence-corrected chi connectivity index (χ4v) is 5.00. The van der Waals surface area contributed by atoms with E-state index in [0.717, 1.165) is 25.0 Å². The average molecular weight is 377 g/mol. The van der Waals surface area contributed by atoms with Crippen LogP contribution in [0.3, 0.4) is 0 Å². The van der Waals surface area contributed by atoms with Gasteiger partial charge >= 0.3 is 0 Å². The lowest BCUT2D eigenvalue weighted by atomic mass is 10.2. The molecule has 2 N–H and O–H groups in total. The van der Waals surface area contributed by atoms with Crippen molar-refractivity contribution in [3.8, 4) is 0 Å². The molecule has 1 saturated heterocycles. The Labute approximate surface area is 134 Å². The molecular formula is C14H21BrN2O3S. The van der Waals surface area contributed by atoms with Gasteiger partial charge in [-0.2, -0.15) is 4.31 Å². The number of benzene rings is 1. The van der Waals surface area contributed by atoms with E-state index in [2.05, 4.69) is 15.9 Å². The van der Waals surface area contributed by atoms with Crippen molar-refractivity contribution >= 4 is 26.0 Å². The van der Waals surface area contributed by atoms with Crippen molar-refractivity contribution in [3.05, 3.63) is 28.2 Å². The van der Waals surface area contributed by atoms with Crippen LogP contribution in [0, 0.1) is 0 Å². The molecule has 1 heterocycles. The number of hydrogen-bond donors (Lipinski definition) is 1. The van der Waals surface area contributed by atoms with Crippen molar-refractivity contribution in [2.24, 2.45) is 5.73 Å². The van der Waals surface area contributed by atoms with E-state index in [1.807, 2.05) is 6.92 Å². The standard InChI is InChI=1S/C14H21BrN2O3S/c1-2-17(10-12-4-3-7-20-12)21(18,19)14-6-5-11(9-16)8-13(14)15/h5-6,8,12H,2-4,7,9-10,16H2,1H3. The van der Waals surface area contributed by atoms with E-state index in [9.17, 15) is 8.42 Å². The number of likely N-dealkylation sites (N-methyl/N-ethyl adjacent to an activating group) is 1. The fourth-order valence-electron chi connectivity index (χ4n) is 2.43. The highest BCUT2D eigenvalue weighted by Gasteiger charge is 2.29. The maximum Gasteiger partial charge on any atom is 0.244 e. The normalized spacial score (nSPS) is 19.3. The number of hydrogen-bond acceptors (Lipinski definition) is 4. The zero-order valence-electron chi connectivity index (χ0n) is 12.1. The van der Waals surface area contributed by atoms with Crippen LogP contribution < -0.4 is 5.73 Å². The Kier molecular flexibility index (Phi) is 5.79. The molecule has 1 aliphatic rings. The molecule has 2 rings (SSSR count). The molecule has 118 valence electrons. The fraction of sp³-hybridized carbons (Fsp3) is 0.571. The minimum Gasteiger partial charge on any atom is -0.377 e. The Morgan fingerprint density at radius 2 is 2.24 bits per heavy atom. The minimum absolute atomic E-state index is 0.00168. The van der Waals surface area contributed by atoms with Crippen LogP contribution in [0.15, 0.2) is 27.6 Å². The Bertz CT molecular complexity index is 586. The number of sulfonamides is 1. The molecule has 0 aromatic heterocycles. The second-order valence-corrected chi connectivity index (χ2v) is 7.82. The molecule has 1 fully saturated rings. The molecule has 1 aromatic carbocycles. The molecule has 1 aromatic rings. The van der Waals surface area contributed by atoms with E-state index in [-0.39, 0.29) is 11.0 Å². The van der Waals surface area contributed by atoms with Gasteiger partial charge in [-0.1, -0.05) is 13.0 Å². The summed E-state index contributed by atoms with van der Waals surface area (Å²) in [7, 11) is -3.53. The summed E-state index contributed by atoms with van der Waals surface area (Å²) in [6.07, 6.45) is 1.91. The van der Waals surface area contributed by atoms with Crippen molar-refractivity contribution < 1.29 is 13.2 Å². The highest BCUT2D eigenvalue weighted by Crippen LogP contribution is 2.27. The van der Waals surface area contributed by atoms with Crippen molar-refractivity contribution in [2.45, 2.75) is 37.3 Å². The third-order valence-corrected chi connectivity index (χ3v) is 6.55. The van der Waals surface area contributed by atoms with E-state index in [4.69, 9.17) is 10.5 Å². The predicted octanol–water partition coefficient (Wildman–Crippen LogP) is 2.10. The van der Waals surface area contributed by atoms with Crippen molar-refractivity contribution in [1.82, 2.24) is 4.31 Å². The lowest BCUT2D eigenvalue weighted by Crippen LogP contribution is -2.37. The summed E-state index contributed by atoms with van der Waals surface area (Å²) in [5.74, 6) is 0. The summed E-state index contributed by atoms with van der Waals surface area (Å²) in [6, 6.07) is 5.12. The maximum atomic E-state index is 12.8. The van der Waals surface area contributed by atoms with Gasteiger partial charge in [0.2, 0.25) is 10.0 Å². The summed E-state index contributed by atoms with van der Waals surface area (Å²) >= 11 is 3.34. The first-order valence-electron chi connectivity index (χ1n) is 7.09. The highest BCUT2D eigenvalue weighted by atomic mass is 79.9. The summed E-state index contributed by atoms with van der Waals surface area (Å²) < 4.78 is 33.1. The van der Waals surface area contributed by atoms with Gasteiger partial charge < -0.3 is 10.5 Å². The van der Waals surface area contributed by atoms with E-state index in [1.54, 1.807) is 18.2 Å². The van der Waals surface area contributed by atoms with Gasteiger partial charge in [0.1, 0.15) is 0 Å². The van der Waals surface area contributed by atoms with Gasteiger partial charge in [0.25, 0.3) is 0 Å². The number of ether oxygens (including phenoxy) is 1. The monoisotopic (exact) mass is 376 g/mol.